The summed E-state index contributed by atoms with van der Waals surface area (Å²) in [6, 6.07) is 0. The molecule has 0 aromatic carbocycles. The average Bonchev–Trinajstić information content (AvgIpc) is 2.15. The molecule has 0 aliphatic heterocycles. The van der Waals surface area contributed by atoms with E-state index in [0.29, 0.717) is 6.42 Å². The van der Waals surface area contributed by atoms with Crippen molar-refractivity contribution in [1.29, 1.82) is 0 Å². The van der Waals surface area contributed by atoms with Crippen molar-refractivity contribution < 1.29 is 14.3 Å². The number of carbonyl (C=O) groups is 2. The fraction of sp³-hybridized carbons (Fsp3) is 0.556. The minimum absolute atomic E-state index is 0.0466. The number of carbonyl (C=O) groups excluding carboxylic acids is 2. The molecule has 0 aromatic rings. The molecule has 0 rings (SSSR count). The number of amides is 1. The quantitative estimate of drug-likeness (QED) is 0.501. The molecule has 1 amide bonds. The molecule has 4 nitrogen and oxygen atoms in total. The molecule has 0 saturated heterocycles. The summed E-state index contributed by atoms with van der Waals surface area (Å²) in [5.74, 6) is -0.638. The average molecular weight is 185 g/mol. The first-order chi connectivity index (χ1) is 6.11. The van der Waals surface area contributed by atoms with Gasteiger partial charge in [0.1, 0.15) is 0 Å². The molecule has 0 radical (unpaired) electrons. The molecule has 74 valence electrons. The van der Waals surface area contributed by atoms with E-state index in [4.69, 9.17) is 4.74 Å². The smallest absolute Gasteiger partial charge is 0.330 e. The van der Waals surface area contributed by atoms with Gasteiger partial charge in [0, 0.05) is 19.0 Å². The highest BCUT2D eigenvalue weighted by molar-refractivity contribution is 5.81. The van der Waals surface area contributed by atoms with Crippen LogP contribution in [0, 0.1) is 5.92 Å². The van der Waals surface area contributed by atoms with Gasteiger partial charge in [-0.05, 0) is 6.42 Å². The van der Waals surface area contributed by atoms with Crippen LogP contribution in [0.1, 0.15) is 13.3 Å². The van der Waals surface area contributed by atoms with Crippen LogP contribution in [0.25, 0.3) is 0 Å². The molecular formula is C9H15NO3. The normalized spacial score (nSPS) is 11.5. The van der Waals surface area contributed by atoms with Crippen LogP contribution in [0.2, 0.25) is 0 Å². The second-order valence-corrected chi connectivity index (χ2v) is 2.68. The Kier molecular flexibility index (Phi) is 5.59. The Morgan fingerprint density at radius 2 is 2.23 bits per heavy atom. The van der Waals surface area contributed by atoms with Crippen molar-refractivity contribution in [1.82, 2.24) is 5.32 Å². The number of nitrogens with one attached hydrogen (secondary N) is 1. The first kappa shape index (κ1) is 11.7. The summed E-state index contributed by atoms with van der Waals surface area (Å²) < 4.78 is 4.72. The zero-order valence-electron chi connectivity index (χ0n) is 8.00. The van der Waals surface area contributed by atoms with Gasteiger partial charge in [0.15, 0.2) is 0 Å². The Morgan fingerprint density at radius 1 is 1.62 bits per heavy atom. The number of ether oxygens (including phenoxy) is 1. The van der Waals surface area contributed by atoms with E-state index in [1.807, 2.05) is 0 Å². The molecule has 0 heterocycles. The highest BCUT2D eigenvalue weighted by Gasteiger charge is 2.10. The molecule has 0 aliphatic carbocycles. The maximum absolute atomic E-state index is 11.0. The third-order valence-corrected chi connectivity index (χ3v) is 1.66. The zero-order chi connectivity index (χ0) is 10.3. The van der Waals surface area contributed by atoms with Crippen LogP contribution in [-0.4, -0.2) is 25.5 Å². The maximum Gasteiger partial charge on any atom is 0.330 e. The van der Waals surface area contributed by atoms with Crippen LogP contribution in [0.4, 0.5) is 0 Å². The van der Waals surface area contributed by atoms with Crippen molar-refractivity contribution in [3.63, 3.8) is 0 Å². The number of esters is 1. The van der Waals surface area contributed by atoms with E-state index in [9.17, 15) is 9.59 Å². The van der Waals surface area contributed by atoms with E-state index < -0.39 is 5.97 Å². The second-order valence-electron chi connectivity index (χ2n) is 2.68. The SMILES string of the molecule is C=CC(=O)OCCC(C)C(=O)NC. The Hall–Kier alpha value is -1.32. The molecular weight excluding hydrogens is 170 g/mol. The standard InChI is InChI=1S/C9H15NO3/c1-4-8(11)13-6-5-7(2)9(12)10-3/h4,7H,1,5-6H2,2-3H3,(H,10,12). The highest BCUT2D eigenvalue weighted by Crippen LogP contribution is 2.01. The lowest BCUT2D eigenvalue weighted by Crippen LogP contribution is -2.26. The van der Waals surface area contributed by atoms with Gasteiger partial charge in [0.25, 0.3) is 0 Å². The van der Waals surface area contributed by atoms with Crippen molar-refractivity contribution in [3.05, 3.63) is 12.7 Å². The molecule has 0 spiro atoms. The monoisotopic (exact) mass is 185 g/mol. The van der Waals surface area contributed by atoms with Crippen molar-refractivity contribution >= 4 is 11.9 Å². The van der Waals surface area contributed by atoms with E-state index in [1.165, 1.54) is 0 Å². The molecule has 0 aromatic heterocycles. The molecule has 4 heteroatoms. The van der Waals surface area contributed by atoms with Crippen LogP contribution in [0.3, 0.4) is 0 Å². The summed E-state index contributed by atoms with van der Waals surface area (Å²) in [5, 5.41) is 2.52. The van der Waals surface area contributed by atoms with Crippen molar-refractivity contribution in [2.45, 2.75) is 13.3 Å². The van der Waals surface area contributed by atoms with E-state index in [-0.39, 0.29) is 18.4 Å². The molecule has 0 bridgehead atoms. The maximum atomic E-state index is 11.0. The summed E-state index contributed by atoms with van der Waals surface area (Å²) in [5.41, 5.74) is 0. The minimum atomic E-state index is -0.455. The minimum Gasteiger partial charge on any atom is -0.463 e. The highest BCUT2D eigenvalue weighted by atomic mass is 16.5. The molecule has 1 N–H and O–H groups in total. The lowest BCUT2D eigenvalue weighted by atomic mass is 10.1. The Morgan fingerprint density at radius 3 is 2.69 bits per heavy atom. The van der Waals surface area contributed by atoms with E-state index in [0.717, 1.165) is 6.08 Å². The summed E-state index contributed by atoms with van der Waals surface area (Å²) in [6.45, 7) is 5.28. The van der Waals surface area contributed by atoms with Crippen LogP contribution in [0.5, 0.6) is 0 Å². The van der Waals surface area contributed by atoms with Crippen molar-refractivity contribution in [3.8, 4) is 0 Å². The predicted octanol–water partition coefficient (Wildman–Crippen LogP) is 0.488. The van der Waals surface area contributed by atoms with E-state index >= 15 is 0 Å². The summed E-state index contributed by atoms with van der Waals surface area (Å²) in [6.07, 6.45) is 1.63. The van der Waals surface area contributed by atoms with Gasteiger partial charge in [-0.3, -0.25) is 4.79 Å². The van der Waals surface area contributed by atoms with Gasteiger partial charge in [-0.1, -0.05) is 13.5 Å². The number of rotatable bonds is 5. The third-order valence-electron chi connectivity index (χ3n) is 1.66. The van der Waals surface area contributed by atoms with Crippen LogP contribution >= 0.6 is 0 Å². The van der Waals surface area contributed by atoms with Crippen LogP contribution in [-0.2, 0) is 14.3 Å². The molecule has 0 saturated carbocycles. The number of hydrogen-bond donors (Lipinski definition) is 1. The van der Waals surface area contributed by atoms with Gasteiger partial charge < -0.3 is 10.1 Å². The van der Waals surface area contributed by atoms with Crippen molar-refractivity contribution in [2.24, 2.45) is 5.92 Å². The topological polar surface area (TPSA) is 55.4 Å². The fourth-order valence-corrected chi connectivity index (χ4v) is 0.773. The first-order valence-corrected chi connectivity index (χ1v) is 4.12. The first-order valence-electron chi connectivity index (χ1n) is 4.12. The lowest BCUT2D eigenvalue weighted by molar-refractivity contribution is -0.139. The van der Waals surface area contributed by atoms with Gasteiger partial charge in [-0.25, -0.2) is 4.79 Å². The predicted molar refractivity (Wildman–Crippen MR) is 49.0 cm³/mol. The van der Waals surface area contributed by atoms with E-state index in [1.54, 1.807) is 14.0 Å². The number of hydrogen-bond acceptors (Lipinski definition) is 3. The van der Waals surface area contributed by atoms with E-state index in [2.05, 4.69) is 11.9 Å². The Bertz CT molecular complexity index is 201. The van der Waals surface area contributed by atoms with Crippen molar-refractivity contribution in [2.75, 3.05) is 13.7 Å². The molecule has 13 heavy (non-hydrogen) atoms. The zero-order valence-corrected chi connectivity index (χ0v) is 8.00. The van der Waals surface area contributed by atoms with Gasteiger partial charge >= 0.3 is 5.97 Å². The summed E-state index contributed by atoms with van der Waals surface area (Å²) >= 11 is 0. The Balaban J connectivity index is 3.58. The fourth-order valence-electron chi connectivity index (χ4n) is 0.773. The summed E-state index contributed by atoms with van der Waals surface area (Å²) in [4.78, 5) is 21.6. The second kappa shape index (κ2) is 6.22. The van der Waals surface area contributed by atoms with Gasteiger partial charge in [-0.15, -0.1) is 0 Å². The molecule has 1 unspecified atom stereocenters. The summed E-state index contributed by atoms with van der Waals surface area (Å²) in [7, 11) is 1.58. The molecule has 1 atom stereocenters. The van der Waals surface area contributed by atoms with Crippen LogP contribution < -0.4 is 5.32 Å². The lowest BCUT2D eigenvalue weighted by Gasteiger charge is -2.08. The third kappa shape index (κ3) is 5.00. The Labute approximate surface area is 78.0 Å². The van der Waals surface area contributed by atoms with Gasteiger partial charge in [-0.2, -0.15) is 0 Å². The van der Waals surface area contributed by atoms with Gasteiger partial charge in [0.05, 0.1) is 6.61 Å². The molecule has 0 aliphatic rings. The largest absolute Gasteiger partial charge is 0.463 e. The van der Waals surface area contributed by atoms with Crippen LogP contribution in [0.15, 0.2) is 12.7 Å². The van der Waals surface area contributed by atoms with Gasteiger partial charge in [0.2, 0.25) is 5.91 Å². The molecule has 0 fully saturated rings.